The number of nitrogens with zero attached hydrogens (tertiary/aromatic N) is 4. The van der Waals surface area contributed by atoms with E-state index >= 15 is 0 Å². The molecule has 0 aliphatic carbocycles. The number of carbonyl (C=O) groups excluding carboxylic acids is 3. The van der Waals surface area contributed by atoms with E-state index in [-0.39, 0.29) is 43.0 Å². The predicted octanol–water partition coefficient (Wildman–Crippen LogP) is 4.97. The summed E-state index contributed by atoms with van der Waals surface area (Å²) in [6.45, 7) is 7.02. The SMILES string of the molecule is CC(C)(C)OC(=O)CCC(C(N)=O)N1Cc2c(OCc3ccc(SC4CCN(c5ccc(C#N)cc5F)C4)nc3)cccc2C1=O. The number of nitriles is 1. The van der Waals surface area contributed by atoms with E-state index in [1.165, 1.54) is 11.0 Å². The van der Waals surface area contributed by atoms with Gasteiger partial charge in [-0.1, -0.05) is 12.1 Å². The van der Waals surface area contributed by atoms with Gasteiger partial charge in [-0.25, -0.2) is 9.37 Å². The van der Waals surface area contributed by atoms with Crippen LogP contribution in [0, 0.1) is 17.1 Å². The fraction of sp³-hybridized carbons (Fsp3) is 0.382. The number of amides is 2. The first-order valence-corrected chi connectivity index (χ1v) is 15.9. The average molecular weight is 646 g/mol. The van der Waals surface area contributed by atoms with Crippen molar-refractivity contribution in [3.63, 3.8) is 0 Å². The molecule has 2 aliphatic rings. The minimum absolute atomic E-state index is 0.0513. The molecule has 3 aromatic rings. The highest BCUT2D eigenvalue weighted by Gasteiger charge is 2.37. The predicted molar refractivity (Wildman–Crippen MR) is 171 cm³/mol. The Morgan fingerprint density at radius 2 is 2.02 bits per heavy atom. The van der Waals surface area contributed by atoms with Crippen molar-refractivity contribution in [2.45, 2.75) is 75.1 Å². The maximum atomic E-state index is 14.5. The number of hydrogen-bond donors (Lipinski definition) is 1. The molecule has 0 bridgehead atoms. The highest BCUT2D eigenvalue weighted by atomic mass is 32.2. The lowest BCUT2D eigenvalue weighted by atomic mass is 10.1. The largest absolute Gasteiger partial charge is 0.488 e. The Balaban J connectivity index is 1.16. The van der Waals surface area contributed by atoms with Crippen LogP contribution in [0.4, 0.5) is 10.1 Å². The molecule has 5 rings (SSSR count). The summed E-state index contributed by atoms with van der Waals surface area (Å²) in [5, 5.41) is 10.1. The van der Waals surface area contributed by atoms with Crippen molar-refractivity contribution in [1.29, 1.82) is 5.26 Å². The van der Waals surface area contributed by atoms with Crippen LogP contribution in [0.1, 0.15) is 67.1 Å². The number of benzene rings is 2. The Hall–Kier alpha value is -4.63. The van der Waals surface area contributed by atoms with E-state index in [9.17, 15) is 18.8 Å². The van der Waals surface area contributed by atoms with Crippen LogP contribution in [0.3, 0.4) is 0 Å². The number of thioether (sulfide) groups is 1. The molecule has 12 heteroatoms. The zero-order chi connectivity index (χ0) is 33.0. The molecule has 1 saturated heterocycles. The number of aromatic nitrogens is 1. The number of halogens is 1. The Morgan fingerprint density at radius 3 is 2.70 bits per heavy atom. The molecule has 240 valence electrons. The van der Waals surface area contributed by atoms with Gasteiger partial charge < -0.3 is 25.0 Å². The highest BCUT2D eigenvalue weighted by Crippen LogP contribution is 2.35. The van der Waals surface area contributed by atoms with E-state index in [0.717, 1.165) is 23.6 Å². The number of nitrogens with two attached hydrogens (primary N) is 1. The zero-order valence-corrected chi connectivity index (χ0v) is 26.8. The highest BCUT2D eigenvalue weighted by molar-refractivity contribution is 7.99. The lowest BCUT2D eigenvalue weighted by Crippen LogP contribution is -2.45. The number of fused-ring (bicyclic) bond motifs is 1. The van der Waals surface area contributed by atoms with Crippen LogP contribution >= 0.6 is 11.8 Å². The summed E-state index contributed by atoms with van der Waals surface area (Å²) in [4.78, 5) is 45.8. The van der Waals surface area contributed by atoms with E-state index in [1.54, 1.807) is 69.1 Å². The summed E-state index contributed by atoms with van der Waals surface area (Å²) in [6.07, 6.45) is 2.63. The molecule has 0 saturated carbocycles. The lowest BCUT2D eigenvalue weighted by molar-refractivity contribution is -0.155. The van der Waals surface area contributed by atoms with Crippen LogP contribution in [-0.2, 0) is 27.5 Å². The molecule has 1 fully saturated rings. The van der Waals surface area contributed by atoms with Crippen molar-refractivity contribution in [1.82, 2.24) is 9.88 Å². The normalized spacial score (nSPS) is 16.6. The molecule has 2 N–H and O–H groups in total. The van der Waals surface area contributed by atoms with Gasteiger partial charge in [-0.05, 0) is 70.0 Å². The Bertz CT molecular complexity index is 1670. The van der Waals surface area contributed by atoms with Gasteiger partial charge in [-0.2, -0.15) is 5.26 Å². The van der Waals surface area contributed by atoms with E-state index in [2.05, 4.69) is 4.98 Å². The topological polar surface area (TPSA) is 139 Å². The molecule has 0 radical (unpaired) electrons. The Morgan fingerprint density at radius 1 is 1.22 bits per heavy atom. The van der Waals surface area contributed by atoms with E-state index in [4.69, 9.17) is 20.5 Å². The molecule has 10 nitrogen and oxygen atoms in total. The fourth-order valence-electron chi connectivity index (χ4n) is 5.59. The summed E-state index contributed by atoms with van der Waals surface area (Å²) < 4.78 is 25.9. The lowest BCUT2D eigenvalue weighted by Gasteiger charge is -2.26. The average Bonchev–Trinajstić information content (AvgIpc) is 3.60. The zero-order valence-electron chi connectivity index (χ0n) is 26.0. The first-order valence-electron chi connectivity index (χ1n) is 15.0. The summed E-state index contributed by atoms with van der Waals surface area (Å²) in [5.41, 5.74) is 7.73. The third-order valence-electron chi connectivity index (χ3n) is 7.74. The number of hydrogen-bond acceptors (Lipinski definition) is 9. The van der Waals surface area contributed by atoms with Crippen molar-refractivity contribution < 1.29 is 28.2 Å². The second kappa shape index (κ2) is 13.8. The molecule has 46 heavy (non-hydrogen) atoms. The van der Waals surface area contributed by atoms with Gasteiger partial charge in [0, 0.05) is 47.6 Å². The number of esters is 1. The van der Waals surface area contributed by atoms with E-state index in [0.29, 0.717) is 34.7 Å². The Labute approximate surface area is 271 Å². The summed E-state index contributed by atoms with van der Waals surface area (Å²) >= 11 is 1.64. The molecule has 1 aromatic heterocycles. The van der Waals surface area contributed by atoms with Crippen molar-refractivity contribution in [2.75, 3.05) is 18.0 Å². The van der Waals surface area contributed by atoms with E-state index < -0.39 is 23.5 Å². The maximum Gasteiger partial charge on any atom is 0.306 e. The number of anilines is 1. The Kier molecular flexibility index (Phi) is 9.82. The number of carbonyl (C=O) groups is 3. The van der Waals surface area contributed by atoms with Crippen LogP contribution in [0.25, 0.3) is 0 Å². The number of pyridine rings is 1. The van der Waals surface area contributed by atoms with Gasteiger partial charge in [-0.15, -0.1) is 11.8 Å². The van der Waals surface area contributed by atoms with Crippen molar-refractivity contribution in [3.8, 4) is 11.8 Å². The van der Waals surface area contributed by atoms with Gasteiger partial charge in [0.2, 0.25) is 5.91 Å². The number of rotatable bonds is 11. The smallest absolute Gasteiger partial charge is 0.306 e. The van der Waals surface area contributed by atoms with E-state index in [1.807, 2.05) is 23.1 Å². The standard InChI is InChI=1S/C34H36FN5O5S/c1-34(2,3)45-31(41)12-10-28(32(37)42)40-19-25-24(33(40)43)5-4-6-29(25)44-20-22-8-11-30(38-17-22)46-23-13-14-39(18-23)27-9-7-21(16-36)15-26(27)35/h4-9,11,15,17,23,28H,10,12-14,18-20H2,1-3H3,(H2,37,42). The molecule has 3 heterocycles. The quantitative estimate of drug-likeness (QED) is 0.286. The van der Waals surface area contributed by atoms with Crippen LogP contribution in [0.15, 0.2) is 59.8 Å². The van der Waals surface area contributed by atoms with Gasteiger partial charge in [-0.3, -0.25) is 14.4 Å². The van der Waals surface area contributed by atoms with Crippen LogP contribution < -0.4 is 15.4 Å². The summed E-state index contributed by atoms with van der Waals surface area (Å²) in [6, 6.07) is 14.6. The molecule has 2 atom stereocenters. The molecular formula is C34H36FN5O5S. The second-order valence-corrected chi connectivity index (χ2v) is 13.6. The molecule has 2 amide bonds. The number of primary amides is 1. The monoisotopic (exact) mass is 645 g/mol. The molecular weight excluding hydrogens is 609 g/mol. The van der Waals surface area contributed by atoms with Gasteiger partial charge in [0.15, 0.2) is 0 Å². The molecule has 0 spiro atoms. The first-order chi connectivity index (χ1) is 21.9. The van der Waals surface area contributed by atoms with Crippen molar-refractivity contribution in [3.05, 3.63) is 82.8 Å². The van der Waals surface area contributed by atoms with Gasteiger partial charge in [0.1, 0.15) is 29.8 Å². The third kappa shape index (κ3) is 7.77. The third-order valence-corrected chi connectivity index (χ3v) is 8.94. The van der Waals surface area contributed by atoms with Gasteiger partial charge >= 0.3 is 5.97 Å². The molecule has 2 aliphatic heterocycles. The van der Waals surface area contributed by atoms with Crippen molar-refractivity contribution >= 4 is 35.2 Å². The van der Waals surface area contributed by atoms with Crippen LogP contribution in [0.2, 0.25) is 0 Å². The van der Waals surface area contributed by atoms with Crippen LogP contribution in [-0.4, -0.2) is 57.6 Å². The molecule has 2 aromatic carbocycles. The minimum Gasteiger partial charge on any atom is -0.488 e. The van der Waals surface area contributed by atoms with Crippen molar-refractivity contribution in [2.24, 2.45) is 5.73 Å². The fourth-order valence-corrected chi connectivity index (χ4v) is 6.67. The summed E-state index contributed by atoms with van der Waals surface area (Å²) in [7, 11) is 0. The van der Waals surface area contributed by atoms with Gasteiger partial charge in [0.05, 0.1) is 28.9 Å². The summed E-state index contributed by atoms with van der Waals surface area (Å²) in [5.74, 6) is -1.37. The first kappa shape index (κ1) is 32.8. The number of ether oxygens (including phenoxy) is 2. The molecule has 2 unspecified atom stereocenters. The maximum absolute atomic E-state index is 14.5. The second-order valence-electron chi connectivity index (χ2n) is 12.3. The van der Waals surface area contributed by atoms with Gasteiger partial charge in [0.25, 0.3) is 5.91 Å². The van der Waals surface area contributed by atoms with Crippen LogP contribution in [0.5, 0.6) is 5.75 Å². The minimum atomic E-state index is -0.968.